The molecular weight excluding hydrogens is 321 g/mol. The van der Waals surface area contributed by atoms with Crippen molar-refractivity contribution in [2.75, 3.05) is 31.5 Å². The van der Waals surface area contributed by atoms with Gasteiger partial charge < -0.3 is 19.5 Å². The minimum Gasteiger partial charge on any atom is -0.463 e. The second-order valence-corrected chi connectivity index (χ2v) is 5.96. The number of furan rings is 1. The molecule has 0 saturated carbocycles. The molecule has 5 nitrogen and oxygen atoms in total. The van der Waals surface area contributed by atoms with E-state index in [-0.39, 0.29) is 11.1 Å². The van der Waals surface area contributed by atoms with Crippen molar-refractivity contribution in [2.24, 2.45) is 0 Å². The van der Waals surface area contributed by atoms with Crippen molar-refractivity contribution in [1.29, 1.82) is 0 Å². The van der Waals surface area contributed by atoms with Gasteiger partial charge in [0, 0.05) is 5.69 Å². The lowest BCUT2D eigenvalue weighted by Crippen LogP contribution is -3.13. The summed E-state index contributed by atoms with van der Waals surface area (Å²) in [6, 6.07) is 7.80. The first-order valence-electron chi connectivity index (χ1n) is 7.49. The summed E-state index contributed by atoms with van der Waals surface area (Å²) in [7, 11) is 0. The fraction of sp³-hybridized carbons (Fsp3) is 0.312. The van der Waals surface area contributed by atoms with Gasteiger partial charge in [-0.15, -0.1) is 0 Å². The van der Waals surface area contributed by atoms with E-state index in [1.807, 2.05) is 12.1 Å². The Kier molecular flexibility index (Phi) is 4.83. The van der Waals surface area contributed by atoms with Gasteiger partial charge in [-0.05, 0) is 30.3 Å². The molecule has 2 heterocycles. The summed E-state index contributed by atoms with van der Waals surface area (Å²) < 4.78 is 18.5. The maximum absolute atomic E-state index is 13.1. The molecule has 1 aromatic carbocycles. The number of benzene rings is 1. The van der Waals surface area contributed by atoms with Crippen LogP contribution in [0.1, 0.15) is 5.76 Å². The van der Waals surface area contributed by atoms with Crippen molar-refractivity contribution in [3.63, 3.8) is 0 Å². The fourth-order valence-electron chi connectivity index (χ4n) is 2.64. The van der Waals surface area contributed by atoms with Crippen molar-refractivity contribution in [3.8, 4) is 0 Å². The topological polar surface area (TPSA) is 49.9 Å². The zero-order chi connectivity index (χ0) is 16.2. The standard InChI is InChI=1S/C16H17ClFN3O2/c17-14-10-12(3-4-15(14)18)19-16(22)21-7-5-20(6-8-21)11-13-2-1-9-23-13/h1-4,9-10H,5-8,11H2,(H,19,22)/p+1. The van der Waals surface area contributed by atoms with Gasteiger partial charge in [-0.3, -0.25) is 0 Å². The lowest BCUT2D eigenvalue weighted by molar-refractivity contribution is -0.918. The van der Waals surface area contributed by atoms with Gasteiger partial charge in [0.15, 0.2) is 5.76 Å². The Morgan fingerprint density at radius 2 is 2.13 bits per heavy atom. The van der Waals surface area contributed by atoms with Gasteiger partial charge in [-0.25, -0.2) is 9.18 Å². The largest absolute Gasteiger partial charge is 0.463 e. The molecule has 1 aliphatic heterocycles. The quantitative estimate of drug-likeness (QED) is 0.899. The van der Waals surface area contributed by atoms with Crippen LogP contribution in [0.3, 0.4) is 0 Å². The lowest BCUT2D eigenvalue weighted by atomic mass is 10.3. The summed E-state index contributed by atoms with van der Waals surface area (Å²) in [6.45, 7) is 3.88. The highest BCUT2D eigenvalue weighted by Gasteiger charge is 2.24. The first-order chi connectivity index (χ1) is 11.1. The number of anilines is 1. The second kappa shape index (κ2) is 7.02. The van der Waals surface area contributed by atoms with E-state index in [4.69, 9.17) is 16.0 Å². The number of carbonyl (C=O) groups is 1. The number of hydrogen-bond acceptors (Lipinski definition) is 2. The number of piperazine rings is 1. The Morgan fingerprint density at radius 3 is 2.78 bits per heavy atom. The molecule has 0 bridgehead atoms. The van der Waals surface area contributed by atoms with E-state index in [0.717, 1.165) is 25.4 Å². The number of nitrogens with zero attached hydrogens (tertiary/aromatic N) is 1. The van der Waals surface area contributed by atoms with E-state index < -0.39 is 5.82 Å². The van der Waals surface area contributed by atoms with Crippen molar-refractivity contribution >= 4 is 23.3 Å². The highest BCUT2D eigenvalue weighted by molar-refractivity contribution is 6.31. The van der Waals surface area contributed by atoms with Crippen molar-refractivity contribution in [1.82, 2.24) is 4.90 Å². The van der Waals surface area contributed by atoms with E-state index >= 15 is 0 Å². The van der Waals surface area contributed by atoms with Gasteiger partial charge in [0.05, 0.1) is 37.5 Å². The van der Waals surface area contributed by atoms with Gasteiger partial charge >= 0.3 is 6.03 Å². The number of carbonyl (C=O) groups excluding carboxylic acids is 1. The number of halogens is 2. The number of urea groups is 1. The van der Waals surface area contributed by atoms with Gasteiger partial charge in [0.1, 0.15) is 12.4 Å². The van der Waals surface area contributed by atoms with Crippen molar-refractivity contribution in [3.05, 3.63) is 53.2 Å². The van der Waals surface area contributed by atoms with E-state index in [2.05, 4.69) is 5.32 Å². The fourth-order valence-corrected chi connectivity index (χ4v) is 2.82. The second-order valence-electron chi connectivity index (χ2n) is 5.55. The summed E-state index contributed by atoms with van der Waals surface area (Å²) in [4.78, 5) is 15.4. The molecule has 7 heteroatoms. The molecule has 2 N–H and O–H groups in total. The monoisotopic (exact) mass is 338 g/mol. The van der Waals surface area contributed by atoms with Crippen LogP contribution in [-0.2, 0) is 6.54 Å². The van der Waals surface area contributed by atoms with E-state index in [9.17, 15) is 9.18 Å². The summed E-state index contributed by atoms with van der Waals surface area (Å²) in [6.07, 6.45) is 1.67. The van der Waals surface area contributed by atoms with Crippen LogP contribution in [0.5, 0.6) is 0 Å². The average molecular weight is 339 g/mol. The maximum atomic E-state index is 13.1. The summed E-state index contributed by atoms with van der Waals surface area (Å²) in [5.74, 6) is 0.457. The lowest BCUT2D eigenvalue weighted by Gasteiger charge is -2.31. The summed E-state index contributed by atoms with van der Waals surface area (Å²) in [5, 5.41) is 2.74. The van der Waals surface area contributed by atoms with E-state index in [1.54, 1.807) is 11.2 Å². The first kappa shape index (κ1) is 15.8. The van der Waals surface area contributed by atoms with Crippen molar-refractivity contribution in [2.45, 2.75) is 6.54 Å². The molecule has 1 saturated heterocycles. The number of nitrogens with one attached hydrogen (secondary N) is 2. The van der Waals surface area contributed by atoms with Crippen molar-refractivity contribution < 1.29 is 18.5 Å². The third-order valence-electron chi connectivity index (χ3n) is 3.93. The zero-order valence-electron chi connectivity index (χ0n) is 12.5. The zero-order valence-corrected chi connectivity index (χ0v) is 13.3. The molecule has 0 unspecified atom stereocenters. The molecule has 0 spiro atoms. The SMILES string of the molecule is O=C(Nc1ccc(F)c(Cl)c1)N1CC[NH+](Cc2ccco2)CC1. The molecule has 3 rings (SSSR count). The number of hydrogen-bond donors (Lipinski definition) is 2. The molecule has 122 valence electrons. The predicted molar refractivity (Wildman–Crippen MR) is 85.1 cm³/mol. The molecule has 1 fully saturated rings. The average Bonchev–Trinajstić information content (AvgIpc) is 3.04. The maximum Gasteiger partial charge on any atom is 0.322 e. The summed E-state index contributed by atoms with van der Waals surface area (Å²) >= 11 is 5.72. The van der Waals surface area contributed by atoms with Gasteiger partial charge in [0.25, 0.3) is 0 Å². The Hall–Kier alpha value is -2.05. The highest BCUT2D eigenvalue weighted by atomic mass is 35.5. The molecule has 2 aromatic rings. The Morgan fingerprint density at radius 1 is 1.35 bits per heavy atom. The Bertz CT molecular complexity index is 670. The van der Waals surface area contributed by atoms with Crippen LogP contribution in [0.25, 0.3) is 0 Å². The van der Waals surface area contributed by atoms with Crippen LogP contribution >= 0.6 is 11.6 Å². The van der Waals surface area contributed by atoms with Crippen LogP contribution in [-0.4, -0.2) is 37.1 Å². The van der Waals surface area contributed by atoms with Gasteiger partial charge in [-0.2, -0.15) is 0 Å². The van der Waals surface area contributed by atoms with Crippen LogP contribution in [0.2, 0.25) is 5.02 Å². The van der Waals surface area contributed by atoms with E-state index in [0.29, 0.717) is 18.8 Å². The Labute approximate surface area is 138 Å². The van der Waals surface area contributed by atoms with Crippen LogP contribution < -0.4 is 10.2 Å². The molecule has 1 aromatic heterocycles. The van der Waals surface area contributed by atoms with Crippen LogP contribution in [0, 0.1) is 5.82 Å². The molecule has 2 amide bonds. The predicted octanol–water partition coefficient (Wildman–Crippen LogP) is 2.00. The van der Waals surface area contributed by atoms with Crippen LogP contribution in [0.15, 0.2) is 41.0 Å². The first-order valence-corrected chi connectivity index (χ1v) is 7.86. The number of rotatable bonds is 3. The molecule has 0 aliphatic carbocycles. The highest BCUT2D eigenvalue weighted by Crippen LogP contribution is 2.19. The van der Waals surface area contributed by atoms with Gasteiger partial charge in [0.2, 0.25) is 0 Å². The smallest absolute Gasteiger partial charge is 0.322 e. The third-order valence-corrected chi connectivity index (χ3v) is 4.22. The molecule has 1 aliphatic rings. The van der Waals surface area contributed by atoms with Crippen LogP contribution in [0.4, 0.5) is 14.9 Å². The molecule has 0 radical (unpaired) electrons. The Balaban J connectivity index is 1.50. The summed E-state index contributed by atoms with van der Waals surface area (Å²) in [5.41, 5.74) is 0.492. The molecule has 0 atom stereocenters. The molecule has 23 heavy (non-hydrogen) atoms. The van der Waals surface area contributed by atoms with Gasteiger partial charge in [-0.1, -0.05) is 11.6 Å². The number of amides is 2. The van der Waals surface area contributed by atoms with E-state index in [1.165, 1.54) is 23.1 Å². The normalized spacial score (nSPS) is 15.7. The number of quaternary nitrogens is 1. The molecular formula is C16H18ClFN3O2+. The minimum atomic E-state index is -0.500. The third kappa shape index (κ3) is 4.03. The minimum absolute atomic E-state index is 0.00416.